The Hall–Kier alpha value is -3.69. The summed E-state index contributed by atoms with van der Waals surface area (Å²) in [5.74, 6) is 0.159. The highest BCUT2D eigenvalue weighted by atomic mass is 28.3. The Kier molecular flexibility index (Phi) is 6.55. The quantitative estimate of drug-likeness (QED) is 0.338. The lowest BCUT2D eigenvalue weighted by atomic mass is 10.1. The maximum atomic E-state index is 13.7. The summed E-state index contributed by atoms with van der Waals surface area (Å²) in [4.78, 5) is 15.7. The molecule has 2 nitrogen and oxygen atoms in total. The molecule has 4 aromatic rings. The normalized spacial score (nSPS) is 14.4. The highest BCUT2D eigenvalue weighted by molar-refractivity contribution is 7.03. The van der Waals surface area contributed by atoms with Crippen molar-refractivity contribution in [3.8, 4) is 0 Å². The zero-order chi connectivity index (χ0) is 23.2. The van der Waals surface area contributed by atoms with E-state index in [0.717, 1.165) is 23.2 Å². The summed E-state index contributed by atoms with van der Waals surface area (Å²) in [6.07, 6.45) is 2.76. The molecule has 0 aliphatic carbocycles. The average Bonchev–Trinajstić information content (AvgIpc) is 3.36. The van der Waals surface area contributed by atoms with E-state index in [4.69, 9.17) is 0 Å². The van der Waals surface area contributed by atoms with Crippen molar-refractivity contribution >= 4 is 24.4 Å². The summed E-state index contributed by atoms with van der Waals surface area (Å²) >= 11 is 0. The molecule has 1 heterocycles. The van der Waals surface area contributed by atoms with Crippen LogP contribution >= 0.6 is 0 Å². The topological polar surface area (TPSA) is 20.3 Å². The predicted octanol–water partition coefficient (Wildman–Crippen LogP) is 5.42. The fourth-order valence-electron chi connectivity index (χ4n) is 5.05. The van der Waals surface area contributed by atoms with Gasteiger partial charge in [-0.3, -0.25) is 4.79 Å². The summed E-state index contributed by atoms with van der Waals surface area (Å²) in [5.41, 5.74) is 3.38. The Labute approximate surface area is 203 Å². The molecule has 0 saturated carbocycles. The van der Waals surface area contributed by atoms with Gasteiger partial charge in [-0.25, -0.2) is 0 Å². The van der Waals surface area contributed by atoms with Gasteiger partial charge < -0.3 is 4.90 Å². The Morgan fingerprint density at radius 2 is 1.12 bits per heavy atom. The van der Waals surface area contributed by atoms with Crippen molar-refractivity contribution < 1.29 is 4.79 Å². The number of nitrogens with zero attached hydrogens (tertiary/aromatic N) is 1. The van der Waals surface area contributed by atoms with Crippen LogP contribution in [-0.4, -0.2) is 18.9 Å². The molecule has 5 rings (SSSR count). The molecule has 0 aromatic heterocycles. The monoisotopic (exact) mass is 459 g/mol. The smallest absolute Gasteiger partial charge is 0.231 e. The standard InChI is InChI=1S/C31H29NOSi/c33-31(23-26-13-5-1-6-14-26)32(24-27-15-7-2-8-16-27)28-21-22-34(25-28,29-17-9-3-10-18-29)30-19-11-4-12-20-30/h1-21H,22-25H2. The minimum Gasteiger partial charge on any atom is -0.312 e. The number of hydrogen-bond donors (Lipinski definition) is 0. The van der Waals surface area contributed by atoms with Crippen molar-refractivity contribution in [3.63, 3.8) is 0 Å². The van der Waals surface area contributed by atoms with Crippen molar-refractivity contribution in [1.29, 1.82) is 0 Å². The van der Waals surface area contributed by atoms with Crippen LogP contribution in [0, 0.1) is 0 Å². The van der Waals surface area contributed by atoms with E-state index >= 15 is 0 Å². The van der Waals surface area contributed by atoms with Crippen molar-refractivity contribution in [3.05, 3.63) is 144 Å². The summed E-state index contributed by atoms with van der Waals surface area (Å²) < 4.78 is 0. The van der Waals surface area contributed by atoms with Crippen LogP contribution in [0.5, 0.6) is 0 Å². The van der Waals surface area contributed by atoms with Crippen LogP contribution in [0.1, 0.15) is 11.1 Å². The zero-order valence-electron chi connectivity index (χ0n) is 19.3. The van der Waals surface area contributed by atoms with Gasteiger partial charge in [0.05, 0.1) is 13.0 Å². The number of carbonyl (C=O) groups excluding carboxylic acids is 1. The molecule has 4 aromatic carbocycles. The van der Waals surface area contributed by atoms with E-state index in [0.29, 0.717) is 13.0 Å². The third-order valence-electron chi connectivity index (χ3n) is 6.85. The molecule has 0 atom stereocenters. The minimum absolute atomic E-state index is 0.159. The van der Waals surface area contributed by atoms with Crippen molar-refractivity contribution in [2.24, 2.45) is 0 Å². The molecule has 3 heteroatoms. The van der Waals surface area contributed by atoms with Gasteiger partial charge in [0, 0.05) is 5.70 Å². The third-order valence-corrected chi connectivity index (χ3v) is 11.6. The second-order valence-corrected chi connectivity index (χ2v) is 13.1. The second-order valence-electron chi connectivity index (χ2n) is 9.02. The number of benzene rings is 4. The fraction of sp³-hybridized carbons (Fsp3) is 0.129. The lowest BCUT2D eigenvalue weighted by Gasteiger charge is -2.31. The first-order valence-electron chi connectivity index (χ1n) is 11.9. The molecule has 0 unspecified atom stereocenters. The Morgan fingerprint density at radius 3 is 1.65 bits per heavy atom. The lowest BCUT2D eigenvalue weighted by molar-refractivity contribution is -0.129. The van der Waals surface area contributed by atoms with Crippen LogP contribution in [0.15, 0.2) is 133 Å². The van der Waals surface area contributed by atoms with E-state index in [2.05, 4.69) is 78.9 Å². The molecular weight excluding hydrogens is 430 g/mol. The van der Waals surface area contributed by atoms with E-state index in [-0.39, 0.29) is 5.91 Å². The van der Waals surface area contributed by atoms with Crippen LogP contribution in [-0.2, 0) is 17.8 Å². The summed E-state index contributed by atoms with van der Waals surface area (Å²) in [6.45, 7) is 0.604. The molecule has 0 N–H and O–H groups in total. The van der Waals surface area contributed by atoms with Gasteiger partial charge in [-0.1, -0.05) is 138 Å². The van der Waals surface area contributed by atoms with Gasteiger partial charge >= 0.3 is 0 Å². The highest BCUT2D eigenvalue weighted by Crippen LogP contribution is 2.33. The molecule has 168 valence electrons. The molecule has 0 fully saturated rings. The number of allylic oxidation sites excluding steroid dienone is 2. The van der Waals surface area contributed by atoms with Gasteiger partial charge in [-0.15, -0.1) is 0 Å². The summed E-state index contributed by atoms with van der Waals surface area (Å²) in [6, 6.07) is 44.2. The van der Waals surface area contributed by atoms with Crippen molar-refractivity contribution in [1.82, 2.24) is 4.90 Å². The van der Waals surface area contributed by atoms with Gasteiger partial charge in [0.1, 0.15) is 8.07 Å². The molecule has 0 spiro atoms. The molecule has 1 amide bonds. The van der Waals surface area contributed by atoms with Crippen LogP contribution in [0.4, 0.5) is 0 Å². The molecule has 1 aliphatic heterocycles. The van der Waals surface area contributed by atoms with Crippen molar-refractivity contribution in [2.75, 3.05) is 0 Å². The average molecular weight is 460 g/mol. The highest BCUT2D eigenvalue weighted by Gasteiger charge is 2.42. The van der Waals surface area contributed by atoms with E-state index in [1.54, 1.807) is 0 Å². The summed E-state index contributed by atoms with van der Waals surface area (Å²) in [5, 5.41) is 2.87. The van der Waals surface area contributed by atoms with Crippen LogP contribution < -0.4 is 10.4 Å². The molecule has 0 radical (unpaired) electrons. The maximum absolute atomic E-state index is 13.7. The Morgan fingerprint density at radius 1 is 0.647 bits per heavy atom. The second kappa shape index (κ2) is 10.1. The van der Waals surface area contributed by atoms with Gasteiger partial charge in [0.25, 0.3) is 0 Å². The molecular formula is C31H29NOSi. The first kappa shape index (κ1) is 22.1. The fourth-order valence-corrected chi connectivity index (χ4v) is 9.61. The van der Waals surface area contributed by atoms with Crippen LogP contribution in [0.25, 0.3) is 0 Å². The number of hydrogen-bond acceptors (Lipinski definition) is 1. The van der Waals surface area contributed by atoms with E-state index in [1.807, 2.05) is 53.4 Å². The van der Waals surface area contributed by atoms with Gasteiger partial charge in [0.2, 0.25) is 5.91 Å². The molecule has 34 heavy (non-hydrogen) atoms. The molecule has 0 saturated heterocycles. The lowest BCUT2D eigenvalue weighted by Crippen LogP contribution is -2.56. The van der Waals surface area contributed by atoms with Gasteiger partial charge in [-0.2, -0.15) is 0 Å². The predicted molar refractivity (Wildman–Crippen MR) is 143 cm³/mol. The summed E-state index contributed by atoms with van der Waals surface area (Å²) in [7, 11) is -2.05. The first-order valence-corrected chi connectivity index (χ1v) is 14.3. The Balaban J connectivity index is 1.49. The van der Waals surface area contributed by atoms with Gasteiger partial charge in [0.15, 0.2) is 0 Å². The van der Waals surface area contributed by atoms with E-state index in [1.165, 1.54) is 16.1 Å². The zero-order valence-corrected chi connectivity index (χ0v) is 20.3. The Bertz CT molecular complexity index is 1210. The van der Waals surface area contributed by atoms with Crippen molar-refractivity contribution in [2.45, 2.75) is 25.1 Å². The van der Waals surface area contributed by atoms with E-state index < -0.39 is 8.07 Å². The minimum atomic E-state index is -2.05. The van der Waals surface area contributed by atoms with E-state index in [9.17, 15) is 4.79 Å². The molecule has 1 aliphatic rings. The number of rotatable bonds is 7. The SMILES string of the molecule is O=C(Cc1ccccc1)N(Cc1ccccc1)C1=CC[Si](c2ccccc2)(c2ccccc2)C1. The molecule has 0 bridgehead atoms. The largest absolute Gasteiger partial charge is 0.312 e. The first-order chi connectivity index (χ1) is 16.7. The number of carbonyl (C=O) groups is 1. The maximum Gasteiger partial charge on any atom is 0.231 e. The van der Waals surface area contributed by atoms with Crippen LogP contribution in [0.3, 0.4) is 0 Å². The number of amides is 1. The van der Waals surface area contributed by atoms with Crippen LogP contribution in [0.2, 0.25) is 12.1 Å². The van der Waals surface area contributed by atoms with Gasteiger partial charge in [-0.05, 0) is 23.2 Å². The third kappa shape index (κ3) is 4.66.